The molecule has 0 radical (unpaired) electrons. The molecule has 2 aromatic rings. The first kappa shape index (κ1) is 25.8. The largest absolute Gasteiger partial charge is 0.423 e. The highest BCUT2D eigenvalue weighted by molar-refractivity contribution is 5.75. The molecule has 2 aromatic heterocycles. The molecular weight excluding hydrogens is 483 g/mol. The molecule has 1 aliphatic heterocycles. The molecule has 3 heterocycles. The van der Waals surface area contributed by atoms with Crippen molar-refractivity contribution < 1.29 is 27.9 Å². The topological polar surface area (TPSA) is 145 Å². The molecule has 1 amide bonds. The van der Waals surface area contributed by atoms with Crippen LogP contribution >= 0.6 is 0 Å². The number of hydrogen-bond donors (Lipinski definition) is 4. The van der Waals surface area contributed by atoms with E-state index < -0.39 is 35.1 Å². The third kappa shape index (κ3) is 6.10. The predicted octanol–water partition coefficient (Wildman–Crippen LogP) is 1.71. The number of hydroxylamine groups is 1. The minimum absolute atomic E-state index is 0.126. The van der Waals surface area contributed by atoms with Gasteiger partial charge in [-0.25, -0.2) is 20.5 Å². The molecule has 1 saturated heterocycles. The fraction of sp³-hybridized carbons (Fsp3) is 0.591. The van der Waals surface area contributed by atoms with Crippen molar-refractivity contribution in [3.05, 3.63) is 39.6 Å². The van der Waals surface area contributed by atoms with E-state index in [0.29, 0.717) is 25.5 Å². The van der Waals surface area contributed by atoms with E-state index in [4.69, 9.17) is 4.84 Å². The Hall–Kier alpha value is -3.26. The Morgan fingerprint density at radius 2 is 2.06 bits per heavy atom. The maximum atomic E-state index is 13.1. The van der Waals surface area contributed by atoms with Crippen LogP contribution in [0.4, 0.5) is 24.8 Å². The van der Waals surface area contributed by atoms with E-state index in [9.17, 15) is 27.9 Å². The first-order valence-electron chi connectivity index (χ1n) is 11.7. The molecule has 4 N–H and O–H groups in total. The molecule has 36 heavy (non-hydrogen) atoms. The summed E-state index contributed by atoms with van der Waals surface area (Å²) in [5.41, 5.74) is 0.829. The Morgan fingerprint density at radius 1 is 1.31 bits per heavy atom. The lowest BCUT2D eigenvalue weighted by Gasteiger charge is -2.31. The highest BCUT2D eigenvalue weighted by atomic mass is 19.4. The fourth-order valence-electron chi connectivity index (χ4n) is 4.46. The van der Waals surface area contributed by atoms with Crippen LogP contribution in [0.15, 0.2) is 17.2 Å². The summed E-state index contributed by atoms with van der Waals surface area (Å²) in [6.45, 7) is 2.82. The van der Waals surface area contributed by atoms with E-state index in [2.05, 4.69) is 30.8 Å². The molecule has 1 unspecified atom stereocenters. The number of H-pyrrole nitrogens is 1. The zero-order valence-corrected chi connectivity index (χ0v) is 19.6. The van der Waals surface area contributed by atoms with Gasteiger partial charge in [-0.3, -0.25) is 14.4 Å². The van der Waals surface area contributed by atoms with Crippen molar-refractivity contribution in [3.8, 4) is 0 Å². The molecule has 196 valence electrons. The van der Waals surface area contributed by atoms with Gasteiger partial charge >= 0.3 is 6.18 Å². The zero-order valence-electron chi connectivity index (χ0n) is 19.6. The molecule has 0 spiro atoms. The van der Waals surface area contributed by atoms with Crippen LogP contribution in [-0.2, 0) is 22.2 Å². The van der Waals surface area contributed by atoms with Gasteiger partial charge in [0.1, 0.15) is 5.56 Å². The van der Waals surface area contributed by atoms with Crippen LogP contribution in [0.2, 0.25) is 0 Å². The molecule has 2 atom stereocenters. The second kappa shape index (κ2) is 10.8. The Kier molecular flexibility index (Phi) is 7.73. The number of aromatic nitrogens is 4. The lowest BCUT2D eigenvalue weighted by molar-refractivity contribution is -0.138. The summed E-state index contributed by atoms with van der Waals surface area (Å²) in [6, 6.07) is -0.647. The lowest BCUT2D eigenvalue weighted by atomic mass is 9.93. The van der Waals surface area contributed by atoms with E-state index in [1.54, 1.807) is 18.2 Å². The molecule has 1 aliphatic carbocycles. The highest BCUT2D eigenvalue weighted by Gasteiger charge is 2.37. The standard InChI is InChI=1S/C22H28F3N7O4/c1-12(28-16-10-27-30-20(35)19(16)22(23,24)25)11-36-31-18(34)8-13-4-6-32(7-5-13)21-26-9-14-15(29-21)2-3-17(14)33/h9-10,12-13,17,33H,2-8,11H2,1H3,(H,31,34)(H2,28,30,35)/t12-,17?/m0/s1. The number of nitrogens with zero attached hydrogens (tertiary/aromatic N) is 4. The number of aryl methyl sites for hydroxylation is 1. The summed E-state index contributed by atoms with van der Waals surface area (Å²) in [5, 5.41) is 17.6. The second-order valence-electron chi connectivity index (χ2n) is 9.13. The third-order valence-corrected chi connectivity index (χ3v) is 6.33. The second-order valence-corrected chi connectivity index (χ2v) is 9.13. The fourth-order valence-corrected chi connectivity index (χ4v) is 4.46. The van der Waals surface area contributed by atoms with Crippen molar-refractivity contribution in [1.82, 2.24) is 25.6 Å². The quantitative estimate of drug-likeness (QED) is 0.389. The van der Waals surface area contributed by atoms with Crippen LogP contribution in [0.1, 0.15) is 55.5 Å². The van der Waals surface area contributed by atoms with Gasteiger partial charge in [0.25, 0.3) is 5.56 Å². The Bertz CT molecular complexity index is 1140. The average molecular weight is 512 g/mol. The Labute approximate surface area is 204 Å². The van der Waals surface area contributed by atoms with Gasteiger partial charge in [-0.05, 0) is 38.5 Å². The van der Waals surface area contributed by atoms with Crippen molar-refractivity contribution in [2.24, 2.45) is 5.92 Å². The number of fused-ring (bicyclic) bond motifs is 1. The number of amides is 1. The number of halogens is 3. The number of anilines is 2. The van der Waals surface area contributed by atoms with E-state index in [1.165, 1.54) is 0 Å². The molecule has 0 saturated carbocycles. The summed E-state index contributed by atoms with van der Waals surface area (Å²) in [6.07, 6.45) is 0.425. The van der Waals surface area contributed by atoms with Gasteiger partial charge < -0.3 is 15.3 Å². The van der Waals surface area contributed by atoms with Crippen molar-refractivity contribution in [2.75, 3.05) is 29.9 Å². The van der Waals surface area contributed by atoms with Gasteiger partial charge in [0, 0.05) is 37.3 Å². The number of aliphatic hydroxyl groups excluding tert-OH is 1. The number of nitrogens with one attached hydrogen (secondary N) is 3. The van der Waals surface area contributed by atoms with E-state index in [-0.39, 0.29) is 24.9 Å². The molecular formula is C22H28F3N7O4. The van der Waals surface area contributed by atoms with Crippen molar-refractivity contribution >= 4 is 17.5 Å². The predicted molar refractivity (Wildman–Crippen MR) is 122 cm³/mol. The molecule has 4 rings (SSSR count). The van der Waals surface area contributed by atoms with E-state index >= 15 is 0 Å². The minimum Gasteiger partial charge on any atom is -0.388 e. The van der Waals surface area contributed by atoms with Crippen LogP contribution in [0.3, 0.4) is 0 Å². The maximum Gasteiger partial charge on any atom is 0.423 e. The number of hydrogen-bond acceptors (Lipinski definition) is 9. The number of alkyl halides is 3. The van der Waals surface area contributed by atoms with Crippen molar-refractivity contribution in [3.63, 3.8) is 0 Å². The number of aromatic amines is 1. The van der Waals surface area contributed by atoms with E-state index in [0.717, 1.165) is 36.7 Å². The summed E-state index contributed by atoms with van der Waals surface area (Å²) in [5.74, 6) is 0.463. The molecule has 0 aromatic carbocycles. The van der Waals surface area contributed by atoms with Crippen LogP contribution in [0, 0.1) is 5.92 Å². The van der Waals surface area contributed by atoms with Gasteiger partial charge in [-0.15, -0.1) is 0 Å². The Morgan fingerprint density at radius 3 is 2.78 bits per heavy atom. The first-order valence-corrected chi connectivity index (χ1v) is 11.7. The van der Waals surface area contributed by atoms with Gasteiger partial charge in [0.15, 0.2) is 0 Å². The number of rotatable bonds is 8. The SMILES string of the molecule is C[C@@H](CONC(=O)CC1CCN(c2ncc3c(n2)CCC3O)CC1)Nc1cn[nH]c(=O)c1C(F)(F)F. The first-order chi connectivity index (χ1) is 17.1. The van der Waals surface area contributed by atoms with Gasteiger partial charge in [0.05, 0.1) is 30.3 Å². The van der Waals surface area contributed by atoms with Crippen molar-refractivity contribution in [1.29, 1.82) is 0 Å². The Balaban J connectivity index is 1.18. The molecule has 1 fully saturated rings. The molecule has 0 bridgehead atoms. The summed E-state index contributed by atoms with van der Waals surface area (Å²) < 4.78 is 39.4. The average Bonchev–Trinajstić information content (AvgIpc) is 3.19. The molecule has 14 heteroatoms. The maximum absolute atomic E-state index is 13.1. The van der Waals surface area contributed by atoms with Crippen LogP contribution < -0.4 is 21.3 Å². The van der Waals surface area contributed by atoms with Gasteiger partial charge in [0.2, 0.25) is 11.9 Å². The van der Waals surface area contributed by atoms with E-state index in [1.807, 2.05) is 0 Å². The number of piperidine rings is 1. The van der Waals surface area contributed by atoms with Crippen LogP contribution in [0.5, 0.6) is 0 Å². The lowest BCUT2D eigenvalue weighted by Crippen LogP contribution is -2.37. The summed E-state index contributed by atoms with van der Waals surface area (Å²) >= 11 is 0. The smallest absolute Gasteiger partial charge is 0.388 e. The number of carbonyl (C=O) groups is 1. The summed E-state index contributed by atoms with van der Waals surface area (Å²) in [4.78, 5) is 40.0. The molecule has 11 nitrogen and oxygen atoms in total. The van der Waals surface area contributed by atoms with Gasteiger partial charge in [-0.2, -0.15) is 18.3 Å². The van der Waals surface area contributed by atoms with Gasteiger partial charge in [-0.1, -0.05) is 0 Å². The minimum atomic E-state index is -4.85. The van der Waals surface area contributed by atoms with Crippen LogP contribution in [-0.4, -0.2) is 56.9 Å². The van der Waals surface area contributed by atoms with Crippen molar-refractivity contribution in [2.45, 2.75) is 57.3 Å². The normalized spacial score (nSPS) is 19.1. The monoisotopic (exact) mass is 511 g/mol. The summed E-state index contributed by atoms with van der Waals surface area (Å²) in [7, 11) is 0. The third-order valence-electron chi connectivity index (χ3n) is 6.33. The highest BCUT2D eigenvalue weighted by Crippen LogP contribution is 2.32. The number of aliphatic hydroxyl groups is 1. The number of carbonyl (C=O) groups excluding carboxylic acids is 1. The zero-order chi connectivity index (χ0) is 25.9. The van der Waals surface area contributed by atoms with Crippen LogP contribution in [0.25, 0.3) is 0 Å². The molecule has 2 aliphatic rings.